The molecule has 2 unspecified atom stereocenters. The fourth-order valence-electron chi connectivity index (χ4n) is 4.78. The second-order valence-corrected chi connectivity index (χ2v) is 8.86. The summed E-state index contributed by atoms with van der Waals surface area (Å²) < 4.78 is 0.792. The van der Waals surface area contributed by atoms with Gasteiger partial charge in [0.25, 0.3) is 0 Å². The molecule has 5 N–H and O–H groups in total. The van der Waals surface area contributed by atoms with E-state index >= 15 is 0 Å². The van der Waals surface area contributed by atoms with Gasteiger partial charge in [-0.15, -0.1) is 11.8 Å². The molecule has 0 radical (unpaired) electrons. The lowest BCUT2D eigenvalue weighted by Gasteiger charge is -2.55. The Kier molecular flexibility index (Phi) is 3.68. The maximum Gasteiger partial charge on any atom is 0.352 e. The number of fused-ring (bicyclic) bond motifs is 4. The normalized spacial score (nSPS) is 39.9. The van der Waals surface area contributed by atoms with Gasteiger partial charge in [0.1, 0.15) is 23.7 Å². The van der Waals surface area contributed by atoms with Gasteiger partial charge in [0, 0.05) is 30.6 Å². The lowest BCUT2D eigenvalue weighted by molar-refractivity contribution is -0.940. The Hall–Kier alpha value is -1.58. The van der Waals surface area contributed by atoms with E-state index in [1.165, 1.54) is 4.90 Å². The van der Waals surface area contributed by atoms with Crippen LogP contribution in [0.25, 0.3) is 0 Å². The van der Waals surface area contributed by atoms with Crippen LogP contribution in [0, 0.1) is 5.41 Å². The molecule has 0 saturated carbocycles. The average Bonchev–Trinajstić information content (AvgIpc) is 2.61. The molecule has 8 nitrogen and oxygen atoms in total. The van der Waals surface area contributed by atoms with Gasteiger partial charge in [-0.3, -0.25) is 14.5 Å². The third-order valence-corrected chi connectivity index (χ3v) is 7.89. The summed E-state index contributed by atoms with van der Waals surface area (Å²) in [4.78, 5) is 37.0. The molecule has 2 bridgehead atoms. The first-order valence-corrected chi connectivity index (χ1v) is 9.64. The summed E-state index contributed by atoms with van der Waals surface area (Å²) in [7, 11) is 0. The van der Waals surface area contributed by atoms with Gasteiger partial charge < -0.3 is 21.1 Å². The Balaban J connectivity index is 1.59. The van der Waals surface area contributed by atoms with Gasteiger partial charge in [-0.2, -0.15) is 0 Å². The van der Waals surface area contributed by atoms with E-state index in [4.69, 9.17) is 11.5 Å². The summed E-state index contributed by atoms with van der Waals surface area (Å²) in [5, 5.41) is 9.42. The highest BCUT2D eigenvalue weighted by atomic mass is 32.2. The second-order valence-electron chi connectivity index (χ2n) is 7.76. The van der Waals surface area contributed by atoms with Crippen molar-refractivity contribution < 1.29 is 24.0 Å². The Morgan fingerprint density at radius 1 is 1.28 bits per heavy atom. The molecule has 0 aromatic rings. The number of carboxylic acids is 1. The smallest absolute Gasteiger partial charge is 0.352 e. The van der Waals surface area contributed by atoms with E-state index in [9.17, 15) is 19.5 Å². The lowest BCUT2D eigenvalue weighted by Crippen LogP contribution is -2.69. The van der Waals surface area contributed by atoms with Gasteiger partial charge in [0.15, 0.2) is 0 Å². The van der Waals surface area contributed by atoms with E-state index in [1.807, 2.05) is 0 Å². The molecular formula is C16H23N4O4S+. The van der Waals surface area contributed by atoms with Gasteiger partial charge in [0.05, 0.1) is 25.0 Å². The number of β-lactam (4-membered cyclic amide) rings is 1. The number of aliphatic carboxylic acids is 1. The minimum atomic E-state index is -1.06. The number of hydrogen-bond acceptors (Lipinski definition) is 5. The molecule has 4 saturated heterocycles. The fraction of sp³-hybridized carbons (Fsp3) is 0.688. The van der Waals surface area contributed by atoms with E-state index in [-0.39, 0.29) is 28.3 Å². The van der Waals surface area contributed by atoms with Crippen molar-refractivity contribution in [1.29, 1.82) is 0 Å². The third-order valence-electron chi connectivity index (χ3n) is 6.53. The Morgan fingerprint density at radius 2 is 1.88 bits per heavy atom. The summed E-state index contributed by atoms with van der Waals surface area (Å²) >= 11 is 1.54. The quantitative estimate of drug-likeness (QED) is 0.434. The van der Waals surface area contributed by atoms with Crippen molar-refractivity contribution in [3.05, 3.63) is 11.3 Å². The summed E-state index contributed by atoms with van der Waals surface area (Å²) in [6.45, 7) is 3.12. The van der Waals surface area contributed by atoms with Crippen LogP contribution >= 0.6 is 11.8 Å². The summed E-state index contributed by atoms with van der Waals surface area (Å²) in [5.74, 6) is -0.979. The monoisotopic (exact) mass is 367 g/mol. The molecule has 4 fully saturated rings. The molecule has 5 heterocycles. The summed E-state index contributed by atoms with van der Waals surface area (Å²) in [6, 6.07) is -0.603. The molecule has 0 spiro atoms. The molecule has 0 aliphatic carbocycles. The Morgan fingerprint density at radius 3 is 2.40 bits per heavy atom. The average molecular weight is 367 g/mol. The van der Waals surface area contributed by atoms with E-state index in [1.54, 1.807) is 11.8 Å². The molecule has 2 atom stereocenters. The van der Waals surface area contributed by atoms with Crippen molar-refractivity contribution in [3.8, 4) is 0 Å². The van der Waals surface area contributed by atoms with Crippen molar-refractivity contribution in [1.82, 2.24) is 4.90 Å². The van der Waals surface area contributed by atoms with Gasteiger partial charge >= 0.3 is 5.97 Å². The minimum absolute atomic E-state index is 0.125. The van der Waals surface area contributed by atoms with Crippen LogP contribution in [0.3, 0.4) is 0 Å². The molecule has 5 rings (SSSR count). The van der Waals surface area contributed by atoms with E-state index < -0.39 is 12.0 Å². The third kappa shape index (κ3) is 2.32. The van der Waals surface area contributed by atoms with Crippen LogP contribution in [-0.2, 0) is 14.4 Å². The highest BCUT2D eigenvalue weighted by molar-refractivity contribution is 8.00. The van der Waals surface area contributed by atoms with Crippen molar-refractivity contribution in [3.63, 3.8) is 0 Å². The number of nitrogens with zero attached hydrogens (tertiary/aromatic N) is 2. The van der Waals surface area contributed by atoms with Crippen LogP contribution < -0.4 is 11.5 Å². The number of quaternary nitrogens is 1. The first kappa shape index (κ1) is 16.9. The van der Waals surface area contributed by atoms with Crippen LogP contribution in [0.1, 0.15) is 19.3 Å². The highest BCUT2D eigenvalue weighted by Gasteiger charge is 2.55. The number of hydrogen-bond donors (Lipinski definition) is 3. The maximum absolute atomic E-state index is 12.1. The van der Waals surface area contributed by atoms with Crippen molar-refractivity contribution in [2.75, 3.05) is 31.9 Å². The molecule has 2 amide bonds. The van der Waals surface area contributed by atoms with Crippen molar-refractivity contribution in [2.24, 2.45) is 16.9 Å². The molecular weight excluding hydrogens is 344 g/mol. The Labute approximate surface area is 149 Å². The largest absolute Gasteiger partial charge is 0.477 e. The topological polar surface area (TPSA) is 127 Å². The predicted molar refractivity (Wildman–Crippen MR) is 90.9 cm³/mol. The fourth-order valence-corrected chi connectivity index (χ4v) is 6.06. The summed E-state index contributed by atoms with van der Waals surface area (Å²) in [6.07, 6.45) is 2.30. The minimum Gasteiger partial charge on any atom is -0.477 e. The number of carbonyl (C=O) groups excluding carboxylic acids is 2. The van der Waals surface area contributed by atoms with E-state index in [0.717, 1.165) is 49.0 Å². The second kappa shape index (κ2) is 5.46. The lowest BCUT2D eigenvalue weighted by atomic mass is 9.70. The number of thioether (sulfide) groups is 1. The number of carbonyl (C=O) groups is 3. The predicted octanol–water partition coefficient (Wildman–Crippen LogP) is -0.946. The standard InChI is InChI=1S/C16H22N4O4S/c17-10-12(21)19-11(14(22)23)9(8-25-13(10)19)7-20-4-1-16(2-5-20,3-6-20)15(18)24/h10,13H,1-8,17H2,(H2-,18,22,23,24)/p+1. The number of primary amides is 1. The first-order valence-electron chi connectivity index (χ1n) is 8.59. The van der Waals surface area contributed by atoms with Crippen LogP contribution in [-0.4, -0.2) is 75.6 Å². The van der Waals surface area contributed by atoms with Gasteiger partial charge in [-0.25, -0.2) is 4.79 Å². The number of rotatable bonds is 4. The van der Waals surface area contributed by atoms with Crippen molar-refractivity contribution in [2.45, 2.75) is 30.7 Å². The van der Waals surface area contributed by atoms with Gasteiger partial charge in [0.2, 0.25) is 11.8 Å². The molecule has 0 aromatic heterocycles. The number of piperidine rings is 3. The molecule has 136 valence electrons. The zero-order valence-electron chi connectivity index (χ0n) is 13.9. The van der Waals surface area contributed by atoms with Crippen molar-refractivity contribution >= 4 is 29.5 Å². The molecule has 5 aliphatic heterocycles. The maximum atomic E-state index is 12.1. The zero-order chi connectivity index (χ0) is 18.0. The molecule has 25 heavy (non-hydrogen) atoms. The van der Waals surface area contributed by atoms with Crippen LogP contribution in [0.2, 0.25) is 0 Å². The molecule has 0 aromatic carbocycles. The summed E-state index contributed by atoms with van der Waals surface area (Å²) in [5.41, 5.74) is 12.0. The highest BCUT2D eigenvalue weighted by Crippen LogP contribution is 2.46. The SMILES string of the molecule is NC(=O)C12CC[N+](CC3=C(C(=O)O)N4C(=O)C(N)C4SC3)(CC1)CC2. The van der Waals surface area contributed by atoms with Gasteiger partial charge in [-0.1, -0.05) is 0 Å². The van der Waals surface area contributed by atoms with Crippen LogP contribution in [0.15, 0.2) is 11.3 Å². The van der Waals surface area contributed by atoms with E-state index in [0.29, 0.717) is 12.3 Å². The molecule has 5 aliphatic rings. The van der Waals surface area contributed by atoms with Crippen LogP contribution in [0.4, 0.5) is 0 Å². The first-order chi connectivity index (χ1) is 11.8. The number of nitrogens with two attached hydrogens (primary N) is 2. The van der Waals surface area contributed by atoms with Crippen LogP contribution in [0.5, 0.6) is 0 Å². The Bertz CT molecular complexity index is 682. The number of amides is 2. The number of carboxylic acid groups (broad SMARTS) is 1. The molecule has 9 heteroatoms. The van der Waals surface area contributed by atoms with Gasteiger partial charge in [-0.05, 0) is 0 Å². The van der Waals surface area contributed by atoms with E-state index in [2.05, 4.69) is 0 Å². The zero-order valence-corrected chi connectivity index (χ0v) is 14.8.